The molecule has 146 valence electrons. The maximum atomic E-state index is 12.9. The lowest BCUT2D eigenvalue weighted by molar-refractivity contribution is 0.193. The lowest BCUT2D eigenvalue weighted by Gasteiger charge is -2.32. The van der Waals surface area contributed by atoms with Crippen molar-refractivity contribution in [2.24, 2.45) is 0 Å². The van der Waals surface area contributed by atoms with Crippen LogP contribution in [-0.4, -0.2) is 43.7 Å². The molecule has 1 saturated heterocycles. The van der Waals surface area contributed by atoms with Crippen molar-refractivity contribution in [2.75, 3.05) is 18.4 Å². The summed E-state index contributed by atoms with van der Waals surface area (Å²) in [5.41, 5.74) is 2.99. The second kappa shape index (κ2) is 8.35. The van der Waals surface area contributed by atoms with Crippen molar-refractivity contribution in [2.45, 2.75) is 58.5 Å². The van der Waals surface area contributed by atoms with Crippen LogP contribution in [0, 0.1) is 13.8 Å². The highest BCUT2D eigenvalue weighted by atomic mass is 32.2. The normalized spacial score (nSPS) is 16.2. The Balaban J connectivity index is 1.94. The van der Waals surface area contributed by atoms with Gasteiger partial charge in [-0.25, -0.2) is 22.3 Å². The van der Waals surface area contributed by atoms with Gasteiger partial charge in [-0.1, -0.05) is 6.07 Å². The van der Waals surface area contributed by atoms with Crippen LogP contribution >= 0.6 is 0 Å². The van der Waals surface area contributed by atoms with E-state index in [2.05, 4.69) is 10.0 Å². The van der Waals surface area contributed by atoms with Crippen LogP contribution in [0.5, 0.6) is 0 Å². The summed E-state index contributed by atoms with van der Waals surface area (Å²) in [4.78, 5) is 14.2. The third-order valence-corrected chi connectivity index (χ3v) is 6.92. The molecule has 2 rings (SSSR count). The number of carbonyl (C=O) groups is 1. The Hall–Kier alpha value is -1.67. The minimum atomic E-state index is -3.30. The molecule has 6 nitrogen and oxygen atoms in total. The van der Waals surface area contributed by atoms with Gasteiger partial charge < -0.3 is 10.2 Å². The fourth-order valence-electron chi connectivity index (χ4n) is 2.92. The van der Waals surface area contributed by atoms with Crippen molar-refractivity contribution < 1.29 is 17.6 Å². The molecule has 2 amide bonds. The van der Waals surface area contributed by atoms with E-state index < -0.39 is 21.9 Å². The molecule has 1 aromatic rings. The fourth-order valence-corrected chi connectivity index (χ4v) is 3.89. The summed E-state index contributed by atoms with van der Waals surface area (Å²) in [6, 6.07) is 3.05. The summed E-state index contributed by atoms with van der Waals surface area (Å²) in [6.07, 6.45) is 1.16. The molecule has 1 aliphatic rings. The lowest BCUT2D eigenvalue weighted by Crippen LogP contribution is -2.48. The Bertz CT molecular complexity index is 757. The van der Waals surface area contributed by atoms with Crippen LogP contribution in [0.25, 0.3) is 0 Å². The minimum Gasteiger partial charge on any atom is -0.324 e. The lowest BCUT2D eigenvalue weighted by atomic mass is 10.0. The molecular weight excluding hydrogens is 357 g/mol. The highest BCUT2D eigenvalue weighted by Gasteiger charge is 2.27. The van der Waals surface area contributed by atoms with E-state index >= 15 is 0 Å². The van der Waals surface area contributed by atoms with Gasteiger partial charge in [-0.05, 0) is 63.3 Å². The van der Waals surface area contributed by atoms with Crippen molar-refractivity contribution in [3.63, 3.8) is 0 Å². The van der Waals surface area contributed by atoms with E-state index in [-0.39, 0.29) is 12.1 Å². The largest absolute Gasteiger partial charge is 0.324 e. The first-order valence-corrected chi connectivity index (χ1v) is 10.4. The standard InChI is InChI=1S/C18H28FN3O3S/c1-12(2)26(24,25)21-16-7-9-22(10-8-16)18(23)20-17-6-5-15(11-19)13(3)14(17)4/h5-6,12,16,21H,7-11H2,1-4H3,(H,20,23). The van der Waals surface area contributed by atoms with Crippen molar-refractivity contribution in [3.05, 3.63) is 28.8 Å². The van der Waals surface area contributed by atoms with Crippen LogP contribution in [0.3, 0.4) is 0 Å². The zero-order valence-electron chi connectivity index (χ0n) is 15.8. The van der Waals surface area contributed by atoms with Crippen LogP contribution in [0.15, 0.2) is 12.1 Å². The summed E-state index contributed by atoms with van der Waals surface area (Å²) in [7, 11) is -3.30. The molecule has 0 spiro atoms. The smallest absolute Gasteiger partial charge is 0.321 e. The molecule has 0 aromatic heterocycles. The summed E-state index contributed by atoms with van der Waals surface area (Å²) in [5.74, 6) is 0. The third-order valence-electron chi connectivity index (χ3n) is 5.02. The fraction of sp³-hybridized carbons (Fsp3) is 0.611. The van der Waals surface area contributed by atoms with Gasteiger partial charge in [-0.2, -0.15) is 0 Å². The molecule has 1 aliphatic heterocycles. The van der Waals surface area contributed by atoms with Crippen molar-refractivity contribution >= 4 is 21.7 Å². The van der Waals surface area contributed by atoms with Gasteiger partial charge in [0.25, 0.3) is 0 Å². The quantitative estimate of drug-likeness (QED) is 0.817. The molecule has 0 atom stereocenters. The number of rotatable bonds is 5. The van der Waals surface area contributed by atoms with Crippen molar-refractivity contribution in [1.29, 1.82) is 0 Å². The second-order valence-electron chi connectivity index (χ2n) is 7.06. The Kier molecular flexibility index (Phi) is 6.63. The molecule has 0 saturated carbocycles. The van der Waals surface area contributed by atoms with Gasteiger partial charge in [0.15, 0.2) is 0 Å². The monoisotopic (exact) mass is 385 g/mol. The van der Waals surface area contributed by atoms with E-state index in [9.17, 15) is 17.6 Å². The number of alkyl halides is 1. The molecule has 0 unspecified atom stereocenters. The van der Waals surface area contributed by atoms with Gasteiger partial charge in [0, 0.05) is 24.8 Å². The number of nitrogens with zero attached hydrogens (tertiary/aromatic N) is 1. The average Bonchev–Trinajstić information content (AvgIpc) is 2.59. The number of carbonyl (C=O) groups excluding carboxylic acids is 1. The number of amides is 2. The topological polar surface area (TPSA) is 78.5 Å². The highest BCUT2D eigenvalue weighted by molar-refractivity contribution is 7.90. The molecular formula is C18H28FN3O3S. The number of halogens is 1. The van der Waals surface area contributed by atoms with Crippen LogP contribution in [0.1, 0.15) is 43.4 Å². The predicted octanol–water partition coefficient (Wildman–Crippen LogP) is 3.10. The van der Waals surface area contributed by atoms with Gasteiger partial charge in [0.05, 0.1) is 5.25 Å². The van der Waals surface area contributed by atoms with Gasteiger partial charge in [0.2, 0.25) is 10.0 Å². The second-order valence-corrected chi connectivity index (χ2v) is 9.33. The minimum absolute atomic E-state index is 0.140. The number of anilines is 1. The number of sulfonamides is 1. The molecule has 0 bridgehead atoms. The first kappa shape index (κ1) is 20.6. The zero-order chi connectivity index (χ0) is 19.5. The predicted molar refractivity (Wildman–Crippen MR) is 102 cm³/mol. The number of nitrogens with one attached hydrogen (secondary N) is 2. The molecule has 1 fully saturated rings. The van der Waals surface area contributed by atoms with Crippen LogP contribution < -0.4 is 10.0 Å². The van der Waals surface area contributed by atoms with Crippen molar-refractivity contribution in [1.82, 2.24) is 9.62 Å². The average molecular weight is 386 g/mol. The summed E-state index contributed by atoms with van der Waals surface area (Å²) < 4.78 is 39.5. The number of likely N-dealkylation sites (tertiary alicyclic amines) is 1. The Morgan fingerprint density at radius 3 is 2.38 bits per heavy atom. The summed E-state index contributed by atoms with van der Waals surface area (Å²) >= 11 is 0. The van der Waals surface area contributed by atoms with E-state index in [1.165, 1.54) is 0 Å². The van der Waals surface area contributed by atoms with E-state index in [0.29, 0.717) is 37.2 Å². The molecule has 8 heteroatoms. The van der Waals surface area contributed by atoms with Crippen LogP contribution in [0.2, 0.25) is 0 Å². The SMILES string of the molecule is Cc1c(CF)ccc(NC(=O)N2CCC(NS(=O)(=O)C(C)C)CC2)c1C. The number of piperidine rings is 1. The molecule has 0 radical (unpaired) electrons. The van der Waals surface area contributed by atoms with Gasteiger partial charge in [-0.15, -0.1) is 0 Å². The van der Waals surface area contributed by atoms with Gasteiger partial charge in [0.1, 0.15) is 6.67 Å². The summed E-state index contributed by atoms with van der Waals surface area (Å²) in [6.45, 7) is 7.42. The maximum absolute atomic E-state index is 12.9. The van der Waals surface area contributed by atoms with Crippen LogP contribution in [0.4, 0.5) is 14.9 Å². The first-order valence-electron chi connectivity index (χ1n) is 8.87. The van der Waals surface area contributed by atoms with E-state index in [0.717, 1.165) is 11.1 Å². The number of hydrogen-bond acceptors (Lipinski definition) is 3. The van der Waals surface area contributed by atoms with E-state index in [1.807, 2.05) is 13.8 Å². The molecule has 2 N–H and O–H groups in total. The Morgan fingerprint density at radius 1 is 1.23 bits per heavy atom. The van der Waals surface area contributed by atoms with Gasteiger partial charge in [-0.3, -0.25) is 0 Å². The number of benzene rings is 1. The van der Waals surface area contributed by atoms with E-state index in [1.54, 1.807) is 30.9 Å². The Labute approximate surface area is 155 Å². The van der Waals surface area contributed by atoms with Crippen molar-refractivity contribution in [3.8, 4) is 0 Å². The molecule has 1 aromatic carbocycles. The third kappa shape index (κ3) is 4.73. The molecule has 1 heterocycles. The van der Waals surface area contributed by atoms with E-state index in [4.69, 9.17) is 0 Å². The molecule has 26 heavy (non-hydrogen) atoms. The van der Waals surface area contributed by atoms with Gasteiger partial charge >= 0.3 is 6.03 Å². The molecule has 0 aliphatic carbocycles. The first-order chi connectivity index (χ1) is 12.2. The maximum Gasteiger partial charge on any atom is 0.321 e. The zero-order valence-corrected chi connectivity index (χ0v) is 16.6. The Morgan fingerprint density at radius 2 is 1.85 bits per heavy atom. The highest BCUT2D eigenvalue weighted by Crippen LogP contribution is 2.23. The summed E-state index contributed by atoms with van der Waals surface area (Å²) in [5, 5.41) is 2.41. The number of urea groups is 1. The van der Waals surface area contributed by atoms with Crippen LogP contribution in [-0.2, 0) is 16.7 Å². The number of hydrogen-bond donors (Lipinski definition) is 2.